The average Bonchev–Trinajstić information content (AvgIpc) is 2.90. The topological polar surface area (TPSA) is 75.6 Å². The number of nitrogens with zero attached hydrogens (tertiary/aromatic N) is 5. The Bertz CT molecular complexity index is 1300. The molecule has 1 unspecified atom stereocenters. The van der Waals surface area contributed by atoms with Gasteiger partial charge in [-0.1, -0.05) is 0 Å². The maximum Gasteiger partial charge on any atom is 0.263 e. The van der Waals surface area contributed by atoms with Crippen molar-refractivity contribution < 1.29 is 22.6 Å². The maximum atomic E-state index is 15.1. The van der Waals surface area contributed by atoms with Crippen molar-refractivity contribution in [3.05, 3.63) is 48.3 Å². The molecule has 0 bridgehead atoms. The summed E-state index contributed by atoms with van der Waals surface area (Å²) in [5, 5.41) is 2.99. The molecule has 3 aromatic rings. The molecule has 0 saturated carbocycles. The number of halogens is 3. The van der Waals surface area contributed by atoms with E-state index < -0.39 is 17.5 Å². The monoisotopic (exact) mass is 528 g/mol. The molecule has 2 aliphatic heterocycles. The quantitative estimate of drug-likeness (QED) is 0.452. The SMILES string of the molecule is COC1CCN(c2ccc(Nc3ncc(F)c(-c4cc(F)c5c(c4)N(C(C)C)CC(C)(F)O5)n3)nc2)CC1. The molecule has 1 atom stereocenters. The summed E-state index contributed by atoms with van der Waals surface area (Å²) in [7, 11) is 1.74. The van der Waals surface area contributed by atoms with Gasteiger partial charge in [0.05, 0.1) is 36.4 Å². The van der Waals surface area contributed by atoms with Crippen LogP contribution in [0.1, 0.15) is 33.6 Å². The summed E-state index contributed by atoms with van der Waals surface area (Å²) in [5.74, 6) is -3.20. The normalized spacial score (nSPS) is 19.9. The molecule has 2 aliphatic rings. The van der Waals surface area contributed by atoms with E-state index in [9.17, 15) is 8.78 Å². The van der Waals surface area contributed by atoms with E-state index in [0.29, 0.717) is 17.6 Å². The molecule has 4 heterocycles. The Kier molecular flexibility index (Phi) is 7.04. The third-order valence-electron chi connectivity index (χ3n) is 6.87. The summed E-state index contributed by atoms with van der Waals surface area (Å²) >= 11 is 0. The smallest absolute Gasteiger partial charge is 0.263 e. The zero-order valence-corrected chi connectivity index (χ0v) is 21.8. The van der Waals surface area contributed by atoms with Gasteiger partial charge in [0, 0.05) is 38.7 Å². The van der Waals surface area contributed by atoms with Crippen LogP contribution in [-0.2, 0) is 4.74 Å². The summed E-state index contributed by atoms with van der Waals surface area (Å²) in [6, 6.07) is 6.26. The molecule has 11 heteroatoms. The van der Waals surface area contributed by atoms with Gasteiger partial charge in [-0.3, -0.25) is 0 Å². The Morgan fingerprint density at radius 1 is 1.11 bits per heavy atom. The van der Waals surface area contributed by atoms with E-state index >= 15 is 4.39 Å². The van der Waals surface area contributed by atoms with Crippen LogP contribution in [0.25, 0.3) is 11.3 Å². The molecule has 0 aliphatic carbocycles. The number of ether oxygens (including phenoxy) is 2. The minimum Gasteiger partial charge on any atom is -0.451 e. The van der Waals surface area contributed by atoms with Gasteiger partial charge < -0.3 is 24.6 Å². The van der Waals surface area contributed by atoms with Crippen LogP contribution in [0, 0.1) is 11.6 Å². The second kappa shape index (κ2) is 10.3. The number of rotatable bonds is 6. The molecule has 5 rings (SSSR count). The third-order valence-corrected chi connectivity index (χ3v) is 6.87. The standard InChI is InChI=1S/C27H31F3N6O2/c1-16(2)36-15-27(3,30)38-25-20(28)11-17(12-22(25)36)24-21(29)14-32-26(34-24)33-23-6-5-18(13-31-23)35-9-7-19(37-4)8-10-35/h5-6,11-14,16,19H,7-10,15H2,1-4H3,(H,31,32,33,34). The number of nitrogens with one attached hydrogen (secondary N) is 1. The van der Waals surface area contributed by atoms with Crippen molar-refractivity contribution in [1.29, 1.82) is 0 Å². The molecular formula is C27H31F3N6O2. The zero-order chi connectivity index (χ0) is 27.0. The highest BCUT2D eigenvalue weighted by molar-refractivity contribution is 5.73. The van der Waals surface area contributed by atoms with Crippen molar-refractivity contribution in [3.63, 3.8) is 0 Å². The fourth-order valence-electron chi connectivity index (χ4n) is 4.87. The van der Waals surface area contributed by atoms with Crippen molar-refractivity contribution in [2.45, 2.75) is 51.6 Å². The van der Waals surface area contributed by atoms with Gasteiger partial charge in [-0.25, -0.2) is 23.7 Å². The summed E-state index contributed by atoms with van der Waals surface area (Å²) in [6.07, 6.45) is 4.99. The van der Waals surface area contributed by atoms with Gasteiger partial charge in [0.25, 0.3) is 5.85 Å². The molecule has 1 saturated heterocycles. The molecule has 38 heavy (non-hydrogen) atoms. The lowest BCUT2D eigenvalue weighted by Gasteiger charge is -2.40. The number of hydrogen-bond acceptors (Lipinski definition) is 8. The zero-order valence-electron chi connectivity index (χ0n) is 21.8. The number of fused-ring (bicyclic) bond motifs is 1. The number of hydrogen-bond donors (Lipinski definition) is 1. The summed E-state index contributed by atoms with van der Waals surface area (Å²) in [6.45, 7) is 6.67. The summed E-state index contributed by atoms with van der Waals surface area (Å²) in [5.41, 5.74) is 1.42. The number of piperidine rings is 1. The lowest BCUT2D eigenvalue weighted by Crippen LogP contribution is -2.49. The van der Waals surface area contributed by atoms with Crippen LogP contribution in [0.3, 0.4) is 0 Å². The lowest BCUT2D eigenvalue weighted by molar-refractivity contribution is -0.0475. The van der Waals surface area contributed by atoms with Crippen LogP contribution in [-0.4, -0.2) is 59.7 Å². The van der Waals surface area contributed by atoms with Crippen LogP contribution < -0.4 is 19.9 Å². The van der Waals surface area contributed by atoms with E-state index in [-0.39, 0.29) is 35.5 Å². The van der Waals surface area contributed by atoms with E-state index in [0.717, 1.165) is 43.9 Å². The van der Waals surface area contributed by atoms with E-state index in [1.54, 1.807) is 30.3 Å². The molecule has 0 spiro atoms. The molecule has 1 N–H and O–H groups in total. The third kappa shape index (κ3) is 5.33. The molecule has 0 amide bonds. The van der Waals surface area contributed by atoms with Crippen molar-refractivity contribution in [3.8, 4) is 17.0 Å². The fraction of sp³-hybridized carbons (Fsp3) is 0.444. The highest BCUT2D eigenvalue weighted by Crippen LogP contribution is 2.43. The van der Waals surface area contributed by atoms with Gasteiger partial charge in [-0.05, 0) is 51.0 Å². The number of methoxy groups -OCH3 is 1. The average molecular weight is 529 g/mol. The Hall–Kier alpha value is -3.60. The first-order valence-corrected chi connectivity index (χ1v) is 12.7. The van der Waals surface area contributed by atoms with Crippen LogP contribution in [0.4, 0.5) is 36.3 Å². The number of aromatic nitrogens is 3. The molecule has 2 aromatic heterocycles. The van der Waals surface area contributed by atoms with E-state index in [2.05, 4.69) is 25.2 Å². The fourth-order valence-corrected chi connectivity index (χ4v) is 4.87. The second-order valence-electron chi connectivity index (χ2n) is 10.1. The van der Waals surface area contributed by atoms with E-state index in [1.165, 1.54) is 6.92 Å². The Morgan fingerprint density at radius 3 is 2.53 bits per heavy atom. The van der Waals surface area contributed by atoms with Crippen LogP contribution in [0.15, 0.2) is 36.7 Å². The first-order valence-electron chi connectivity index (χ1n) is 12.7. The molecule has 8 nitrogen and oxygen atoms in total. The van der Waals surface area contributed by atoms with Gasteiger partial charge in [0.2, 0.25) is 5.95 Å². The number of pyridine rings is 1. The Balaban J connectivity index is 1.38. The molecule has 1 aromatic carbocycles. The molecular weight excluding hydrogens is 497 g/mol. The van der Waals surface area contributed by atoms with Gasteiger partial charge in [0.15, 0.2) is 17.4 Å². The second-order valence-corrected chi connectivity index (χ2v) is 10.1. The minimum atomic E-state index is -2.06. The van der Waals surface area contributed by atoms with Crippen molar-refractivity contribution in [2.24, 2.45) is 0 Å². The number of anilines is 4. The minimum absolute atomic E-state index is 0.0916. The lowest BCUT2D eigenvalue weighted by atomic mass is 10.1. The number of benzene rings is 1. The van der Waals surface area contributed by atoms with Crippen LogP contribution in [0.2, 0.25) is 0 Å². The largest absolute Gasteiger partial charge is 0.451 e. The van der Waals surface area contributed by atoms with E-state index in [4.69, 9.17) is 9.47 Å². The van der Waals surface area contributed by atoms with Crippen molar-refractivity contribution in [2.75, 3.05) is 41.9 Å². The highest BCUT2D eigenvalue weighted by atomic mass is 19.2. The number of alkyl halides is 1. The predicted octanol–water partition coefficient (Wildman–Crippen LogP) is 5.47. The highest BCUT2D eigenvalue weighted by Gasteiger charge is 2.38. The summed E-state index contributed by atoms with van der Waals surface area (Å²) < 4.78 is 55.4. The van der Waals surface area contributed by atoms with Crippen LogP contribution in [0.5, 0.6) is 5.75 Å². The van der Waals surface area contributed by atoms with Crippen LogP contribution >= 0.6 is 0 Å². The summed E-state index contributed by atoms with van der Waals surface area (Å²) in [4.78, 5) is 16.7. The molecule has 0 radical (unpaired) electrons. The molecule has 202 valence electrons. The van der Waals surface area contributed by atoms with E-state index in [1.807, 2.05) is 19.9 Å². The van der Waals surface area contributed by atoms with Gasteiger partial charge in [-0.2, -0.15) is 4.39 Å². The predicted molar refractivity (Wildman–Crippen MR) is 140 cm³/mol. The van der Waals surface area contributed by atoms with Gasteiger partial charge in [0.1, 0.15) is 11.5 Å². The Labute approximate surface area is 219 Å². The first kappa shape index (κ1) is 26.0. The van der Waals surface area contributed by atoms with Crippen molar-refractivity contribution in [1.82, 2.24) is 15.0 Å². The van der Waals surface area contributed by atoms with Crippen molar-refractivity contribution >= 4 is 23.1 Å². The van der Waals surface area contributed by atoms with Gasteiger partial charge >= 0.3 is 0 Å². The first-order chi connectivity index (χ1) is 18.1. The maximum absolute atomic E-state index is 15.1. The van der Waals surface area contributed by atoms with Gasteiger partial charge in [-0.15, -0.1) is 0 Å². The molecule has 1 fully saturated rings. The Morgan fingerprint density at radius 2 is 1.87 bits per heavy atom.